The zero-order chi connectivity index (χ0) is 18.5. The highest BCUT2D eigenvalue weighted by Crippen LogP contribution is 2.28. The van der Waals surface area contributed by atoms with Crippen LogP contribution >= 0.6 is 22.9 Å². The van der Waals surface area contributed by atoms with E-state index in [4.69, 9.17) is 16.3 Å². The standard InChI is InChI=1S/C19H24ClN3O2S/c1-3-23-9-8-15-17(12-23)26-19(21-15)22-18(24)5-4-10-25-16-7-6-14(20)11-13(16)2/h6-7,11H,3-5,8-10,12H2,1-2H3,(H,21,22,24). The van der Waals surface area contributed by atoms with E-state index in [1.165, 1.54) is 4.88 Å². The van der Waals surface area contributed by atoms with Crippen LogP contribution in [0, 0.1) is 6.92 Å². The number of hydrogen-bond donors (Lipinski definition) is 1. The van der Waals surface area contributed by atoms with E-state index in [1.807, 2.05) is 19.1 Å². The van der Waals surface area contributed by atoms with Crippen LogP contribution in [0.25, 0.3) is 0 Å². The number of ether oxygens (including phenoxy) is 1. The van der Waals surface area contributed by atoms with Crippen LogP contribution in [0.4, 0.5) is 5.13 Å². The Kier molecular flexibility index (Phi) is 6.51. The highest BCUT2D eigenvalue weighted by molar-refractivity contribution is 7.15. The lowest BCUT2D eigenvalue weighted by Gasteiger charge is -2.23. The lowest BCUT2D eigenvalue weighted by Crippen LogP contribution is -2.29. The largest absolute Gasteiger partial charge is 0.493 e. The summed E-state index contributed by atoms with van der Waals surface area (Å²) in [7, 11) is 0. The number of likely N-dealkylation sites (N-methyl/N-ethyl adjacent to an activating group) is 1. The quantitative estimate of drug-likeness (QED) is 0.713. The van der Waals surface area contributed by atoms with Gasteiger partial charge in [0.1, 0.15) is 5.75 Å². The van der Waals surface area contributed by atoms with Gasteiger partial charge in [-0.1, -0.05) is 18.5 Å². The summed E-state index contributed by atoms with van der Waals surface area (Å²) in [5.41, 5.74) is 2.13. The molecule has 140 valence electrons. The van der Waals surface area contributed by atoms with Gasteiger partial charge in [0.05, 0.1) is 12.3 Å². The molecule has 26 heavy (non-hydrogen) atoms. The fourth-order valence-electron chi connectivity index (χ4n) is 2.94. The van der Waals surface area contributed by atoms with Crippen molar-refractivity contribution in [3.63, 3.8) is 0 Å². The van der Waals surface area contributed by atoms with Crippen molar-refractivity contribution in [3.8, 4) is 5.75 Å². The predicted molar refractivity (Wildman–Crippen MR) is 106 cm³/mol. The average Bonchev–Trinajstić information content (AvgIpc) is 3.01. The molecule has 1 aliphatic heterocycles. The Morgan fingerprint density at radius 1 is 1.46 bits per heavy atom. The molecule has 2 heterocycles. The van der Waals surface area contributed by atoms with Crippen molar-refractivity contribution in [3.05, 3.63) is 39.4 Å². The minimum absolute atomic E-state index is 0.0140. The molecule has 0 saturated heterocycles. The van der Waals surface area contributed by atoms with E-state index < -0.39 is 0 Å². The maximum Gasteiger partial charge on any atom is 0.226 e. The smallest absolute Gasteiger partial charge is 0.226 e. The number of carbonyl (C=O) groups is 1. The summed E-state index contributed by atoms with van der Waals surface area (Å²) in [6.45, 7) is 7.65. The van der Waals surface area contributed by atoms with Gasteiger partial charge in [0.2, 0.25) is 5.91 Å². The maximum absolute atomic E-state index is 12.1. The number of anilines is 1. The monoisotopic (exact) mass is 393 g/mol. The number of fused-ring (bicyclic) bond motifs is 1. The summed E-state index contributed by atoms with van der Waals surface area (Å²) in [4.78, 5) is 20.4. The van der Waals surface area contributed by atoms with E-state index in [9.17, 15) is 4.79 Å². The Bertz CT molecular complexity index is 778. The van der Waals surface area contributed by atoms with Gasteiger partial charge in [0.25, 0.3) is 0 Å². The van der Waals surface area contributed by atoms with Crippen LogP contribution in [-0.4, -0.2) is 35.5 Å². The van der Waals surface area contributed by atoms with Gasteiger partial charge in [-0.3, -0.25) is 9.69 Å². The molecule has 1 amide bonds. The van der Waals surface area contributed by atoms with Crippen LogP contribution in [0.15, 0.2) is 18.2 Å². The van der Waals surface area contributed by atoms with Gasteiger partial charge in [-0.2, -0.15) is 0 Å². The van der Waals surface area contributed by atoms with Crippen molar-refractivity contribution in [2.45, 2.75) is 39.7 Å². The molecule has 1 aliphatic rings. The third-order valence-electron chi connectivity index (χ3n) is 4.45. The minimum Gasteiger partial charge on any atom is -0.493 e. The molecule has 1 N–H and O–H groups in total. The van der Waals surface area contributed by atoms with Crippen LogP contribution in [0.3, 0.4) is 0 Å². The molecule has 0 saturated carbocycles. The Morgan fingerprint density at radius 2 is 2.31 bits per heavy atom. The summed E-state index contributed by atoms with van der Waals surface area (Å²) in [5.74, 6) is 0.794. The number of rotatable bonds is 7. The maximum atomic E-state index is 12.1. The van der Waals surface area contributed by atoms with Gasteiger partial charge in [0.15, 0.2) is 5.13 Å². The fraction of sp³-hybridized carbons (Fsp3) is 0.474. The molecule has 0 unspecified atom stereocenters. The molecule has 1 aromatic carbocycles. The summed E-state index contributed by atoms with van der Waals surface area (Å²) >= 11 is 7.53. The second kappa shape index (κ2) is 8.84. The van der Waals surface area contributed by atoms with Gasteiger partial charge >= 0.3 is 0 Å². The number of halogens is 1. The number of aromatic nitrogens is 1. The van der Waals surface area contributed by atoms with Crippen LogP contribution in [0.5, 0.6) is 5.75 Å². The fourth-order valence-corrected chi connectivity index (χ4v) is 4.24. The zero-order valence-corrected chi connectivity index (χ0v) is 16.8. The van der Waals surface area contributed by atoms with Crippen LogP contribution in [-0.2, 0) is 17.8 Å². The Morgan fingerprint density at radius 3 is 3.08 bits per heavy atom. The molecule has 3 rings (SSSR count). The number of carbonyl (C=O) groups excluding carboxylic acids is 1. The van der Waals surface area contributed by atoms with Crippen LogP contribution < -0.4 is 10.1 Å². The van der Waals surface area contributed by atoms with Gasteiger partial charge in [0, 0.05) is 35.8 Å². The molecule has 2 aromatic rings. The van der Waals surface area contributed by atoms with Crippen molar-refractivity contribution in [1.82, 2.24) is 9.88 Å². The van der Waals surface area contributed by atoms with Crippen LogP contribution in [0.2, 0.25) is 5.02 Å². The second-order valence-corrected chi connectivity index (χ2v) is 7.94. The number of nitrogens with zero attached hydrogens (tertiary/aromatic N) is 2. The molecule has 1 aromatic heterocycles. The number of hydrogen-bond acceptors (Lipinski definition) is 5. The van der Waals surface area contributed by atoms with Crippen molar-refractivity contribution in [1.29, 1.82) is 0 Å². The number of nitrogens with one attached hydrogen (secondary N) is 1. The lowest BCUT2D eigenvalue weighted by molar-refractivity contribution is -0.116. The molecular formula is C19H24ClN3O2S. The molecule has 0 aliphatic carbocycles. The number of thiazole rings is 1. The zero-order valence-electron chi connectivity index (χ0n) is 15.2. The number of benzene rings is 1. The number of amides is 1. The molecular weight excluding hydrogens is 370 g/mol. The van der Waals surface area contributed by atoms with E-state index in [-0.39, 0.29) is 5.91 Å². The highest BCUT2D eigenvalue weighted by Gasteiger charge is 2.20. The van der Waals surface area contributed by atoms with E-state index in [0.717, 1.165) is 43.1 Å². The third kappa shape index (κ3) is 4.96. The van der Waals surface area contributed by atoms with E-state index in [1.54, 1.807) is 17.4 Å². The molecule has 0 bridgehead atoms. The van der Waals surface area contributed by atoms with Gasteiger partial charge < -0.3 is 10.1 Å². The first-order chi connectivity index (χ1) is 12.5. The Labute approximate surface area is 163 Å². The normalized spacial score (nSPS) is 14.1. The summed E-state index contributed by atoms with van der Waals surface area (Å²) < 4.78 is 5.73. The first-order valence-corrected chi connectivity index (χ1v) is 10.1. The van der Waals surface area contributed by atoms with Crippen molar-refractivity contribution in [2.24, 2.45) is 0 Å². The molecule has 0 atom stereocenters. The first kappa shape index (κ1) is 19.1. The summed E-state index contributed by atoms with van der Waals surface area (Å²) in [6.07, 6.45) is 2.03. The minimum atomic E-state index is -0.0140. The van der Waals surface area contributed by atoms with Gasteiger partial charge in [-0.25, -0.2) is 4.98 Å². The van der Waals surface area contributed by atoms with Crippen molar-refractivity contribution >= 4 is 34.0 Å². The van der Waals surface area contributed by atoms with E-state index in [0.29, 0.717) is 29.6 Å². The Hall–Kier alpha value is -1.63. The molecule has 0 spiro atoms. The lowest BCUT2D eigenvalue weighted by atomic mass is 10.2. The van der Waals surface area contributed by atoms with Crippen LogP contribution in [0.1, 0.15) is 35.9 Å². The SMILES string of the molecule is CCN1CCc2nc(NC(=O)CCCOc3ccc(Cl)cc3C)sc2C1. The second-order valence-electron chi connectivity index (χ2n) is 6.42. The molecule has 7 heteroatoms. The van der Waals surface area contributed by atoms with Gasteiger partial charge in [-0.15, -0.1) is 11.3 Å². The van der Waals surface area contributed by atoms with Gasteiger partial charge in [-0.05, 0) is 43.7 Å². The van der Waals surface area contributed by atoms with Crippen molar-refractivity contribution < 1.29 is 9.53 Å². The van der Waals surface area contributed by atoms with E-state index in [2.05, 4.69) is 22.1 Å². The predicted octanol–water partition coefficient (Wildman–Crippen LogP) is 4.28. The number of aryl methyl sites for hydroxylation is 1. The van der Waals surface area contributed by atoms with E-state index >= 15 is 0 Å². The third-order valence-corrected chi connectivity index (χ3v) is 5.68. The first-order valence-electron chi connectivity index (χ1n) is 8.95. The molecule has 0 fully saturated rings. The Balaban J connectivity index is 1.43. The average molecular weight is 394 g/mol. The van der Waals surface area contributed by atoms with Crippen molar-refractivity contribution in [2.75, 3.05) is 25.0 Å². The molecule has 5 nitrogen and oxygen atoms in total. The summed E-state index contributed by atoms with van der Waals surface area (Å²) in [5, 5.41) is 4.34. The highest BCUT2D eigenvalue weighted by atomic mass is 35.5. The topological polar surface area (TPSA) is 54.5 Å². The summed E-state index contributed by atoms with van der Waals surface area (Å²) in [6, 6.07) is 5.53. The molecule has 0 radical (unpaired) electrons.